The molecule has 1 saturated heterocycles. The maximum absolute atomic E-state index is 6.09. The van der Waals surface area contributed by atoms with Gasteiger partial charge in [-0.1, -0.05) is 0 Å². The number of rotatable bonds is 8. The lowest BCUT2D eigenvalue weighted by molar-refractivity contribution is -0.0388. The Hall–Kier alpha value is -3.43. The van der Waals surface area contributed by atoms with E-state index in [1.165, 1.54) is 6.39 Å². The largest absolute Gasteiger partial charge is 0.491 e. The Morgan fingerprint density at radius 2 is 1.87 bits per heavy atom. The van der Waals surface area contributed by atoms with Crippen LogP contribution < -0.4 is 9.47 Å². The molecule has 0 spiro atoms. The summed E-state index contributed by atoms with van der Waals surface area (Å²) in [5, 5.41) is 7.71. The summed E-state index contributed by atoms with van der Waals surface area (Å²) in [6.45, 7) is 2.61. The molecule has 1 aliphatic heterocycles. The monoisotopic (exact) mass is 422 g/mol. The van der Waals surface area contributed by atoms with Crippen LogP contribution in [0.3, 0.4) is 0 Å². The second-order valence-corrected chi connectivity index (χ2v) is 7.12. The van der Waals surface area contributed by atoms with Crippen LogP contribution in [0.25, 0.3) is 17.0 Å². The predicted molar refractivity (Wildman–Crippen MR) is 110 cm³/mol. The third-order valence-electron chi connectivity index (χ3n) is 5.01. The SMILES string of the molecule is c1nnc(-c2cc(Oc3ccc(OCCOC4CCOCC4)cc3)n3cncc3c2)o1. The van der Waals surface area contributed by atoms with Crippen molar-refractivity contribution in [3.63, 3.8) is 0 Å². The van der Waals surface area contributed by atoms with Crippen LogP contribution in [0.5, 0.6) is 17.4 Å². The van der Waals surface area contributed by atoms with Gasteiger partial charge in [0, 0.05) is 24.8 Å². The van der Waals surface area contributed by atoms with E-state index >= 15 is 0 Å². The fourth-order valence-electron chi connectivity index (χ4n) is 3.44. The number of ether oxygens (including phenoxy) is 4. The van der Waals surface area contributed by atoms with Crippen LogP contribution >= 0.6 is 0 Å². The van der Waals surface area contributed by atoms with Gasteiger partial charge in [0.25, 0.3) is 0 Å². The quantitative estimate of drug-likeness (QED) is 0.396. The summed E-state index contributed by atoms with van der Waals surface area (Å²) in [5.74, 6) is 2.43. The van der Waals surface area contributed by atoms with Gasteiger partial charge < -0.3 is 23.4 Å². The molecule has 1 aliphatic rings. The van der Waals surface area contributed by atoms with Gasteiger partial charge in [-0.3, -0.25) is 4.40 Å². The van der Waals surface area contributed by atoms with Gasteiger partial charge in [0.1, 0.15) is 24.4 Å². The number of pyridine rings is 1. The third kappa shape index (κ3) is 4.68. The molecule has 0 aliphatic carbocycles. The summed E-state index contributed by atoms with van der Waals surface area (Å²) in [6, 6.07) is 11.2. The van der Waals surface area contributed by atoms with Crippen molar-refractivity contribution < 1.29 is 23.4 Å². The maximum atomic E-state index is 6.09. The molecule has 0 saturated carbocycles. The summed E-state index contributed by atoms with van der Waals surface area (Å²) < 4.78 is 30.2. The van der Waals surface area contributed by atoms with Crippen LogP contribution in [-0.4, -0.2) is 52.1 Å². The zero-order valence-corrected chi connectivity index (χ0v) is 16.8. The average Bonchev–Trinajstić information content (AvgIpc) is 3.51. The molecule has 0 unspecified atom stereocenters. The fourth-order valence-corrected chi connectivity index (χ4v) is 3.44. The molecule has 160 valence electrons. The summed E-state index contributed by atoms with van der Waals surface area (Å²) in [6.07, 6.45) is 6.90. The van der Waals surface area contributed by atoms with Crippen LogP contribution in [0.4, 0.5) is 0 Å². The van der Waals surface area contributed by atoms with Crippen molar-refractivity contribution >= 4 is 5.52 Å². The van der Waals surface area contributed by atoms with E-state index in [-0.39, 0.29) is 6.10 Å². The van der Waals surface area contributed by atoms with Crippen molar-refractivity contribution in [3.05, 3.63) is 55.3 Å². The van der Waals surface area contributed by atoms with Gasteiger partial charge in [0.2, 0.25) is 18.2 Å². The van der Waals surface area contributed by atoms with E-state index in [1.807, 2.05) is 40.8 Å². The van der Waals surface area contributed by atoms with E-state index in [9.17, 15) is 0 Å². The molecule has 0 atom stereocenters. The Morgan fingerprint density at radius 3 is 2.68 bits per heavy atom. The molecule has 0 N–H and O–H groups in total. The van der Waals surface area contributed by atoms with Crippen molar-refractivity contribution in [1.29, 1.82) is 0 Å². The van der Waals surface area contributed by atoms with E-state index in [0.717, 1.165) is 42.9 Å². The first-order valence-electron chi connectivity index (χ1n) is 10.2. The van der Waals surface area contributed by atoms with Gasteiger partial charge in [0.05, 0.1) is 24.4 Å². The summed E-state index contributed by atoms with van der Waals surface area (Å²) >= 11 is 0. The minimum atomic E-state index is 0.274. The van der Waals surface area contributed by atoms with Crippen LogP contribution in [0, 0.1) is 0 Å². The van der Waals surface area contributed by atoms with Crippen molar-refractivity contribution in [2.45, 2.75) is 18.9 Å². The highest BCUT2D eigenvalue weighted by molar-refractivity contribution is 5.64. The number of nitrogens with zero attached hydrogens (tertiary/aromatic N) is 4. The maximum Gasteiger partial charge on any atom is 0.247 e. The molecule has 9 nitrogen and oxygen atoms in total. The van der Waals surface area contributed by atoms with Crippen molar-refractivity contribution in [1.82, 2.24) is 19.6 Å². The molecule has 4 aromatic rings. The molecule has 0 bridgehead atoms. The van der Waals surface area contributed by atoms with E-state index < -0.39 is 0 Å². The van der Waals surface area contributed by atoms with Crippen LogP contribution in [0.2, 0.25) is 0 Å². The Morgan fingerprint density at radius 1 is 1.03 bits per heavy atom. The minimum absolute atomic E-state index is 0.274. The van der Waals surface area contributed by atoms with E-state index in [2.05, 4.69) is 15.2 Å². The van der Waals surface area contributed by atoms with Gasteiger partial charge >= 0.3 is 0 Å². The van der Waals surface area contributed by atoms with Gasteiger partial charge in [-0.25, -0.2) is 4.98 Å². The molecule has 0 amide bonds. The lowest BCUT2D eigenvalue weighted by atomic mass is 10.2. The van der Waals surface area contributed by atoms with Crippen molar-refractivity contribution in [2.75, 3.05) is 26.4 Å². The van der Waals surface area contributed by atoms with Crippen LogP contribution in [0.15, 0.2) is 59.7 Å². The first-order chi connectivity index (χ1) is 15.3. The normalized spacial score (nSPS) is 14.7. The standard InChI is InChI=1S/C22H22N4O5/c1-3-20(4-2-18(1)28-9-10-29-19-5-7-27-8-6-19)31-21-12-16(22-25-24-15-30-22)11-17-13-23-14-26(17)21/h1-4,11-15,19H,5-10H2. The fraction of sp³-hybridized carbons (Fsp3) is 0.318. The summed E-state index contributed by atoms with van der Waals surface area (Å²) in [5.41, 5.74) is 1.61. The molecular formula is C22H22N4O5. The lowest BCUT2D eigenvalue weighted by Crippen LogP contribution is -2.25. The predicted octanol–water partition coefficient (Wildman–Crippen LogP) is 3.75. The first kappa shape index (κ1) is 19.5. The average molecular weight is 422 g/mol. The molecule has 5 rings (SSSR count). The molecule has 9 heteroatoms. The number of aromatic nitrogens is 4. The van der Waals surface area contributed by atoms with Gasteiger partial charge in [-0.15, -0.1) is 10.2 Å². The first-order valence-corrected chi connectivity index (χ1v) is 10.2. The zero-order valence-electron chi connectivity index (χ0n) is 16.8. The zero-order chi connectivity index (χ0) is 20.9. The van der Waals surface area contributed by atoms with E-state index in [0.29, 0.717) is 30.7 Å². The van der Waals surface area contributed by atoms with E-state index in [1.54, 1.807) is 12.5 Å². The number of benzene rings is 1. The highest BCUT2D eigenvalue weighted by Crippen LogP contribution is 2.29. The van der Waals surface area contributed by atoms with Gasteiger partial charge in [-0.05, 0) is 43.2 Å². The summed E-state index contributed by atoms with van der Waals surface area (Å²) in [4.78, 5) is 4.19. The Labute approximate surface area is 178 Å². The second-order valence-electron chi connectivity index (χ2n) is 7.12. The highest BCUT2D eigenvalue weighted by Gasteiger charge is 2.14. The smallest absolute Gasteiger partial charge is 0.247 e. The molecule has 1 fully saturated rings. The second kappa shape index (κ2) is 9.15. The molecule has 1 aromatic carbocycles. The molecular weight excluding hydrogens is 400 g/mol. The molecule has 0 radical (unpaired) electrons. The van der Waals surface area contributed by atoms with E-state index in [4.69, 9.17) is 23.4 Å². The van der Waals surface area contributed by atoms with Crippen molar-refractivity contribution in [3.8, 4) is 28.8 Å². The highest BCUT2D eigenvalue weighted by atomic mass is 16.5. The topological polar surface area (TPSA) is 93.1 Å². The van der Waals surface area contributed by atoms with Gasteiger partial charge in [0.15, 0.2) is 0 Å². The molecule has 31 heavy (non-hydrogen) atoms. The Bertz CT molecular complexity index is 1100. The molecule has 4 heterocycles. The lowest BCUT2D eigenvalue weighted by Gasteiger charge is -2.22. The minimum Gasteiger partial charge on any atom is -0.491 e. The number of imidazole rings is 1. The Kier molecular flexibility index (Phi) is 5.76. The molecule has 3 aromatic heterocycles. The Balaban J connectivity index is 1.21. The summed E-state index contributed by atoms with van der Waals surface area (Å²) in [7, 11) is 0. The third-order valence-corrected chi connectivity index (χ3v) is 5.01. The van der Waals surface area contributed by atoms with Gasteiger partial charge in [-0.2, -0.15) is 0 Å². The van der Waals surface area contributed by atoms with Crippen molar-refractivity contribution in [2.24, 2.45) is 0 Å². The van der Waals surface area contributed by atoms with Crippen LogP contribution in [-0.2, 0) is 9.47 Å². The number of hydrogen-bond acceptors (Lipinski definition) is 8. The number of hydrogen-bond donors (Lipinski definition) is 0. The van der Waals surface area contributed by atoms with Crippen LogP contribution in [0.1, 0.15) is 12.8 Å². The number of fused-ring (bicyclic) bond motifs is 1.